The number of hydrogen-bond donors (Lipinski definition) is 0. The van der Waals surface area contributed by atoms with Crippen LogP contribution in [0.2, 0.25) is 0 Å². The van der Waals surface area contributed by atoms with Crippen LogP contribution in [0, 0.1) is 0 Å². The molecule has 0 saturated carbocycles. The molecular weight excluding hydrogens is 200 g/mol. The maximum atomic E-state index is 11.5. The van der Waals surface area contributed by atoms with E-state index in [1.165, 1.54) is 6.20 Å². The van der Waals surface area contributed by atoms with Crippen LogP contribution in [0.5, 0.6) is 0 Å². The first kappa shape index (κ1) is 7.93. The molecule has 14 heavy (non-hydrogen) atoms. The highest BCUT2D eigenvalue weighted by Gasteiger charge is 2.17. The summed E-state index contributed by atoms with van der Waals surface area (Å²) >= 11 is 1.58. The Labute approximate surface area is 83.2 Å². The van der Waals surface area contributed by atoms with Gasteiger partial charge in [-0.25, -0.2) is 9.97 Å². The Morgan fingerprint density at radius 1 is 1.36 bits per heavy atom. The predicted octanol–water partition coefficient (Wildman–Crippen LogP) is 0.292. The van der Waals surface area contributed by atoms with Gasteiger partial charge < -0.3 is 4.57 Å². The van der Waals surface area contributed by atoms with Crippen LogP contribution in [-0.2, 0) is 6.54 Å². The molecule has 0 radical (unpaired) electrons. The normalized spacial score (nSPS) is 14.6. The third-order valence-electron chi connectivity index (χ3n) is 2.11. The number of aromatic nitrogens is 4. The number of hydrogen-bond acceptors (Lipinski definition) is 5. The minimum absolute atomic E-state index is 0.284. The average Bonchev–Trinajstić information content (AvgIpc) is 2.66. The molecule has 2 aromatic rings. The number of thioether (sulfide) groups is 1. The van der Waals surface area contributed by atoms with Gasteiger partial charge in [-0.2, -0.15) is 4.98 Å². The Balaban J connectivity index is 2.53. The van der Waals surface area contributed by atoms with Crippen LogP contribution >= 0.6 is 11.8 Å². The molecule has 1 aliphatic rings. The second kappa shape index (κ2) is 2.78. The standard InChI is InChI=1S/C8H6N4OS/c13-7-5-6(10-2-1-9-5)12-3-4-14-8(12)11-7/h1-2H,3-4H2. The summed E-state index contributed by atoms with van der Waals surface area (Å²) in [5.41, 5.74) is 0.722. The molecule has 0 unspecified atom stereocenters. The Bertz CT molecular complexity index is 565. The molecule has 0 atom stereocenters. The predicted molar refractivity (Wildman–Crippen MR) is 52.3 cm³/mol. The zero-order chi connectivity index (χ0) is 9.54. The van der Waals surface area contributed by atoms with E-state index in [0.29, 0.717) is 11.2 Å². The summed E-state index contributed by atoms with van der Waals surface area (Å²) in [6.07, 6.45) is 3.11. The number of rotatable bonds is 0. The van der Waals surface area contributed by atoms with Crippen molar-refractivity contribution < 1.29 is 0 Å². The Kier molecular flexibility index (Phi) is 1.57. The first-order valence-corrected chi connectivity index (χ1v) is 5.19. The molecule has 70 valence electrons. The minimum atomic E-state index is -0.284. The van der Waals surface area contributed by atoms with Crippen molar-refractivity contribution in [1.29, 1.82) is 0 Å². The second-order valence-corrected chi connectivity index (χ2v) is 3.99. The lowest BCUT2D eigenvalue weighted by atomic mass is 10.5. The van der Waals surface area contributed by atoms with E-state index in [4.69, 9.17) is 0 Å². The monoisotopic (exact) mass is 206 g/mol. The van der Waals surface area contributed by atoms with Gasteiger partial charge in [-0.3, -0.25) is 4.79 Å². The van der Waals surface area contributed by atoms with Crippen molar-refractivity contribution in [3.8, 4) is 0 Å². The fraction of sp³-hybridized carbons (Fsp3) is 0.250. The smallest absolute Gasteiger partial charge is 0.301 e. The molecule has 0 N–H and O–H groups in total. The molecule has 0 amide bonds. The zero-order valence-corrected chi connectivity index (χ0v) is 7.99. The molecule has 6 heteroatoms. The SMILES string of the molecule is O=c1nc2n(c3nccnc13)CCS2. The molecule has 0 spiro atoms. The van der Waals surface area contributed by atoms with Crippen LogP contribution in [-0.4, -0.2) is 25.3 Å². The van der Waals surface area contributed by atoms with Crippen molar-refractivity contribution >= 4 is 22.9 Å². The number of fused-ring (bicyclic) bond motifs is 3. The molecule has 5 nitrogen and oxygen atoms in total. The lowest BCUT2D eigenvalue weighted by Crippen LogP contribution is -2.15. The van der Waals surface area contributed by atoms with Crippen LogP contribution < -0.4 is 5.56 Å². The van der Waals surface area contributed by atoms with Gasteiger partial charge in [0.1, 0.15) is 0 Å². The number of nitrogens with zero attached hydrogens (tertiary/aromatic N) is 4. The summed E-state index contributed by atoms with van der Waals surface area (Å²) in [5, 5.41) is 0.753. The van der Waals surface area contributed by atoms with E-state index < -0.39 is 0 Å². The molecule has 3 heterocycles. The summed E-state index contributed by atoms with van der Waals surface area (Å²) in [7, 11) is 0. The third-order valence-corrected chi connectivity index (χ3v) is 3.07. The molecule has 3 rings (SSSR count). The van der Waals surface area contributed by atoms with E-state index in [1.807, 2.05) is 4.57 Å². The Hall–Kier alpha value is -1.43. The van der Waals surface area contributed by atoms with Crippen LogP contribution in [0.15, 0.2) is 22.3 Å². The lowest BCUT2D eigenvalue weighted by molar-refractivity contribution is 0.698. The highest BCUT2D eigenvalue weighted by molar-refractivity contribution is 7.99. The summed E-state index contributed by atoms with van der Waals surface area (Å²) in [4.78, 5) is 23.6. The highest BCUT2D eigenvalue weighted by atomic mass is 32.2. The maximum Gasteiger partial charge on any atom is 0.301 e. The van der Waals surface area contributed by atoms with Crippen LogP contribution in [0.4, 0.5) is 0 Å². The molecule has 0 bridgehead atoms. The van der Waals surface area contributed by atoms with Gasteiger partial charge in [0.15, 0.2) is 16.3 Å². The second-order valence-electron chi connectivity index (χ2n) is 2.93. The average molecular weight is 206 g/mol. The molecule has 0 aliphatic carbocycles. The Morgan fingerprint density at radius 3 is 3.14 bits per heavy atom. The molecule has 1 aliphatic heterocycles. The van der Waals surface area contributed by atoms with Crippen molar-refractivity contribution in [2.24, 2.45) is 0 Å². The molecule has 0 saturated heterocycles. The van der Waals surface area contributed by atoms with E-state index in [2.05, 4.69) is 15.0 Å². The molecule has 2 aromatic heterocycles. The van der Waals surface area contributed by atoms with Crippen LogP contribution in [0.25, 0.3) is 11.2 Å². The van der Waals surface area contributed by atoms with Crippen molar-refractivity contribution in [2.45, 2.75) is 11.7 Å². The Morgan fingerprint density at radius 2 is 2.21 bits per heavy atom. The van der Waals surface area contributed by atoms with Crippen molar-refractivity contribution in [3.05, 3.63) is 22.7 Å². The van der Waals surface area contributed by atoms with Gasteiger partial charge in [0, 0.05) is 24.7 Å². The van der Waals surface area contributed by atoms with Gasteiger partial charge in [0.2, 0.25) is 0 Å². The van der Waals surface area contributed by atoms with Gasteiger partial charge in [0.25, 0.3) is 0 Å². The largest absolute Gasteiger partial charge is 0.303 e. The van der Waals surface area contributed by atoms with E-state index in [-0.39, 0.29) is 5.56 Å². The highest BCUT2D eigenvalue weighted by Crippen LogP contribution is 2.24. The minimum Gasteiger partial charge on any atom is -0.303 e. The number of aryl methyl sites for hydroxylation is 1. The maximum absolute atomic E-state index is 11.5. The van der Waals surface area contributed by atoms with Crippen LogP contribution in [0.1, 0.15) is 0 Å². The lowest BCUT2D eigenvalue weighted by Gasteiger charge is -2.03. The van der Waals surface area contributed by atoms with Crippen molar-refractivity contribution in [3.63, 3.8) is 0 Å². The van der Waals surface area contributed by atoms with Crippen molar-refractivity contribution in [2.75, 3.05) is 5.75 Å². The molecule has 0 fully saturated rings. The summed E-state index contributed by atoms with van der Waals surface area (Å²) in [6, 6.07) is 0. The fourth-order valence-corrected chi connectivity index (χ4v) is 2.45. The van der Waals surface area contributed by atoms with Gasteiger partial charge >= 0.3 is 5.56 Å². The molecular formula is C8H6N4OS. The first-order chi connectivity index (χ1) is 6.86. The van der Waals surface area contributed by atoms with Crippen LogP contribution in [0.3, 0.4) is 0 Å². The third kappa shape index (κ3) is 0.971. The summed E-state index contributed by atoms with van der Waals surface area (Å²) in [5.74, 6) is 0.947. The van der Waals surface area contributed by atoms with Gasteiger partial charge in [0.05, 0.1) is 0 Å². The zero-order valence-electron chi connectivity index (χ0n) is 7.17. The van der Waals surface area contributed by atoms with E-state index in [0.717, 1.165) is 17.5 Å². The summed E-state index contributed by atoms with van der Waals surface area (Å²) in [6.45, 7) is 0.850. The van der Waals surface area contributed by atoms with E-state index in [1.54, 1.807) is 18.0 Å². The van der Waals surface area contributed by atoms with Crippen molar-refractivity contribution in [1.82, 2.24) is 19.5 Å². The summed E-state index contributed by atoms with van der Waals surface area (Å²) < 4.78 is 1.94. The topological polar surface area (TPSA) is 60.7 Å². The first-order valence-electron chi connectivity index (χ1n) is 4.20. The van der Waals surface area contributed by atoms with Gasteiger partial charge in [-0.05, 0) is 0 Å². The van der Waals surface area contributed by atoms with Gasteiger partial charge in [-0.1, -0.05) is 11.8 Å². The quantitative estimate of drug-likeness (QED) is 0.580. The van der Waals surface area contributed by atoms with E-state index in [9.17, 15) is 4.79 Å². The van der Waals surface area contributed by atoms with Gasteiger partial charge in [-0.15, -0.1) is 0 Å². The molecule has 0 aromatic carbocycles. The fourth-order valence-electron chi connectivity index (χ4n) is 1.51. The van der Waals surface area contributed by atoms with E-state index >= 15 is 0 Å².